The lowest BCUT2D eigenvalue weighted by atomic mass is 10.2. The Balaban J connectivity index is 1.60. The Kier molecular flexibility index (Phi) is 5.52. The standard InChI is InChI=1S/C18H16FN3O3S/c1-25-14-4-2-3-13(9-14)20-16(23)10-15-17(24)22-18(26-15)21-12-7-5-11(19)6-8-12/h2-9,15H,10H2,1H3,(H,20,23)(H,21,22,24)/t15-/m1/s1. The van der Waals surface area contributed by atoms with Crippen molar-refractivity contribution in [3.05, 3.63) is 54.3 Å². The van der Waals surface area contributed by atoms with Crippen LogP contribution in [0.25, 0.3) is 0 Å². The number of hydrogen-bond donors (Lipinski definition) is 2. The number of methoxy groups -OCH3 is 1. The number of benzene rings is 2. The minimum atomic E-state index is -0.570. The molecule has 0 unspecified atom stereocenters. The predicted octanol–water partition coefficient (Wildman–Crippen LogP) is 3.08. The number of nitrogens with zero attached hydrogens (tertiary/aromatic N) is 1. The Morgan fingerprint density at radius 3 is 2.81 bits per heavy atom. The SMILES string of the molecule is COc1cccc(NC(=O)C[C@H]2SC(=Nc3ccc(F)cc3)NC2=O)c1. The maximum atomic E-state index is 12.9. The lowest BCUT2D eigenvalue weighted by molar-refractivity contribution is -0.122. The molecule has 3 rings (SSSR count). The summed E-state index contributed by atoms with van der Waals surface area (Å²) in [4.78, 5) is 28.5. The van der Waals surface area contributed by atoms with E-state index in [1.54, 1.807) is 31.4 Å². The Morgan fingerprint density at radius 2 is 2.08 bits per heavy atom. The van der Waals surface area contributed by atoms with Crippen LogP contribution < -0.4 is 15.4 Å². The highest BCUT2D eigenvalue weighted by molar-refractivity contribution is 8.15. The van der Waals surface area contributed by atoms with E-state index in [4.69, 9.17) is 4.74 Å². The summed E-state index contributed by atoms with van der Waals surface area (Å²) in [5.74, 6) is -0.292. The van der Waals surface area contributed by atoms with Crippen LogP contribution in [0.5, 0.6) is 5.75 Å². The van der Waals surface area contributed by atoms with E-state index in [9.17, 15) is 14.0 Å². The number of aliphatic imine (C=N–C) groups is 1. The third kappa shape index (κ3) is 4.60. The number of rotatable bonds is 5. The van der Waals surface area contributed by atoms with Gasteiger partial charge in [0.15, 0.2) is 5.17 Å². The average molecular weight is 373 g/mol. The minimum Gasteiger partial charge on any atom is -0.497 e. The molecule has 0 spiro atoms. The van der Waals surface area contributed by atoms with Gasteiger partial charge >= 0.3 is 0 Å². The van der Waals surface area contributed by atoms with Gasteiger partial charge in [0.25, 0.3) is 0 Å². The summed E-state index contributed by atoms with van der Waals surface area (Å²) in [7, 11) is 1.54. The molecule has 0 radical (unpaired) electrons. The first kappa shape index (κ1) is 17.9. The quantitative estimate of drug-likeness (QED) is 0.844. The van der Waals surface area contributed by atoms with Crippen LogP contribution in [0.4, 0.5) is 15.8 Å². The molecule has 1 aliphatic heterocycles. The van der Waals surface area contributed by atoms with Crippen molar-refractivity contribution in [1.82, 2.24) is 5.32 Å². The van der Waals surface area contributed by atoms with Crippen LogP contribution in [0.2, 0.25) is 0 Å². The topological polar surface area (TPSA) is 79.8 Å². The van der Waals surface area contributed by atoms with Crippen molar-refractivity contribution < 1.29 is 18.7 Å². The van der Waals surface area contributed by atoms with E-state index >= 15 is 0 Å². The summed E-state index contributed by atoms with van der Waals surface area (Å²) in [6, 6.07) is 12.6. The number of nitrogens with one attached hydrogen (secondary N) is 2. The first-order chi connectivity index (χ1) is 12.5. The van der Waals surface area contributed by atoms with Gasteiger partial charge in [-0.1, -0.05) is 17.8 Å². The first-order valence-electron chi connectivity index (χ1n) is 7.79. The summed E-state index contributed by atoms with van der Waals surface area (Å²) >= 11 is 1.17. The smallest absolute Gasteiger partial charge is 0.240 e. The molecule has 0 saturated carbocycles. The number of amides is 2. The highest BCUT2D eigenvalue weighted by Gasteiger charge is 2.32. The van der Waals surface area contributed by atoms with Gasteiger partial charge in [0.2, 0.25) is 11.8 Å². The second-order valence-corrected chi connectivity index (χ2v) is 6.66. The Bertz CT molecular complexity index is 855. The van der Waals surface area contributed by atoms with Gasteiger partial charge in [-0.05, 0) is 36.4 Å². The highest BCUT2D eigenvalue weighted by Crippen LogP contribution is 2.26. The van der Waals surface area contributed by atoms with Gasteiger partial charge in [-0.3, -0.25) is 9.59 Å². The van der Waals surface area contributed by atoms with Crippen LogP contribution in [-0.2, 0) is 9.59 Å². The third-order valence-electron chi connectivity index (χ3n) is 3.56. The summed E-state index contributed by atoms with van der Waals surface area (Å²) < 4.78 is 18.0. The molecule has 2 aromatic rings. The maximum Gasteiger partial charge on any atom is 0.240 e. The van der Waals surface area contributed by atoms with E-state index in [0.717, 1.165) is 0 Å². The molecular formula is C18H16FN3O3S. The normalized spacial score (nSPS) is 17.8. The van der Waals surface area contributed by atoms with Crippen LogP contribution in [0.15, 0.2) is 53.5 Å². The van der Waals surface area contributed by atoms with Crippen LogP contribution in [-0.4, -0.2) is 29.3 Å². The zero-order chi connectivity index (χ0) is 18.5. The fourth-order valence-electron chi connectivity index (χ4n) is 2.31. The Labute approximate surface area is 153 Å². The van der Waals surface area contributed by atoms with Crippen molar-refractivity contribution in [2.45, 2.75) is 11.7 Å². The lowest BCUT2D eigenvalue weighted by Crippen LogP contribution is -2.28. The van der Waals surface area contributed by atoms with E-state index in [-0.39, 0.29) is 24.1 Å². The van der Waals surface area contributed by atoms with Gasteiger partial charge in [0.05, 0.1) is 12.8 Å². The van der Waals surface area contributed by atoms with Crippen LogP contribution in [0.3, 0.4) is 0 Å². The van der Waals surface area contributed by atoms with E-state index in [1.165, 1.54) is 36.0 Å². The molecule has 1 aliphatic rings. The molecule has 2 aromatic carbocycles. The Hall–Kier alpha value is -2.87. The highest BCUT2D eigenvalue weighted by atomic mass is 32.2. The number of carbonyl (C=O) groups excluding carboxylic acids is 2. The number of halogens is 1. The van der Waals surface area contributed by atoms with Crippen LogP contribution in [0.1, 0.15) is 6.42 Å². The van der Waals surface area contributed by atoms with Gasteiger partial charge < -0.3 is 15.4 Å². The molecule has 2 amide bonds. The molecule has 0 aliphatic carbocycles. The number of ether oxygens (including phenoxy) is 1. The van der Waals surface area contributed by atoms with E-state index < -0.39 is 5.25 Å². The van der Waals surface area contributed by atoms with Crippen LogP contribution >= 0.6 is 11.8 Å². The molecule has 134 valence electrons. The van der Waals surface area contributed by atoms with Crippen molar-refractivity contribution in [3.8, 4) is 5.75 Å². The maximum absolute atomic E-state index is 12.9. The van der Waals surface area contributed by atoms with Gasteiger partial charge in [-0.25, -0.2) is 9.38 Å². The van der Waals surface area contributed by atoms with Gasteiger partial charge in [0, 0.05) is 18.2 Å². The number of carbonyl (C=O) groups is 2. The number of amidine groups is 1. The monoisotopic (exact) mass is 373 g/mol. The largest absolute Gasteiger partial charge is 0.497 e. The fourth-order valence-corrected chi connectivity index (χ4v) is 3.29. The molecule has 1 atom stereocenters. The second-order valence-electron chi connectivity index (χ2n) is 5.47. The van der Waals surface area contributed by atoms with Crippen molar-refractivity contribution >= 4 is 40.1 Å². The zero-order valence-corrected chi connectivity index (χ0v) is 14.7. The number of thioether (sulfide) groups is 1. The van der Waals surface area contributed by atoms with Crippen molar-refractivity contribution in [2.24, 2.45) is 4.99 Å². The van der Waals surface area contributed by atoms with E-state index in [2.05, 4.69) is 15.6 Å². The molecule has 8 heteroatoms. The zero-order valence-electron chi connectivity index (χ0n) is 13.9. The van der Waals surface area contributed by atoms with Gasteiger partial charge in [-0.2, -0.15) is 0 Å². The van der Waals surface area contributed by atoms with E-state index in [1.807, 2.05) is 0 Å². The van der Waals surface area contributed by atoms with Crippen molar-refractivity contribution in [2.75, 3.05) is 12.4 Å². The fraction of sp³-hybridized carbons (Fsp3) is 0.167. The summed E-state index contributed by atoms with van der Waals surface area (Å²) in [5.41, 5.74) is 1.12. The number of hydrogen-bond acceptors (Lipinski definition) is 5. The predicted molar refractivity (Wildman–Crippen MR) is 99.3 cm³/mol. The third-order valence-corrected chi connectivity index (χ3v) is 4.64. The summed E-state index contributed by atoms with van der Waals surface area (Å²) in [5, 5.41) is 5.20. The molecule has 1 heterocycles. The average Bonchev–Trinajstić information content (AvgIpc) is 2.96. The van der Waals surface area contributed by atoms with Crippen LogP contribution in [0, 0.1) is 5.82 Å². The Morgan fingerprint density at radius 1 is 1.31 bits per heavy atom. The molecule has 1 fully saturated rings. The molecular weight excluding hydrogens is 357 g/mol. The molecule has 6 nitrogen and oxygen atoms in total. The molecule has 1 saturated heterocycles. The summed E-state index contributed by atoms with van der Waals surface area (Å²) in [6.07, 6.45) is 0.0101. The molecule has 0 aromatic heterocycles. The van der Waals surface area contributed by atoms with Crippen molar-refractivity contribution in [1.29, 1.82) is 0 Å². The second kappa shape index (κ2) is 8.01. The van der Waals surface area contributed by atoms with Gasteiger partial charge in [0.1, 0.15) is 16.8 Å². The molecule has 0 bridgehead atoms. The lowest BCUT2D eigenvalue weighted by Gasteiger charge is -2.08. The van der Waals surface area contributed by atoms with Crippen molar-refractivity contribution in [3.63, 3.8) is 0 Å². The minimum absolute atomic E-state index is 0.0101. The summed E-state index contributed by atoms with van der Waals surface area (Å²) in [6.45, 7) is 0. The molecule has 2 N–H and O–H groups in total. The first-order valence-corrected chi connectivity index (χ1v) is 8.67. The molecule has 26 heavy (non-hydrogen) atoms. The van der Waals surface area contributed by atoms with E-state index in [0.29, 0.717) is 22.3 Å². The van der Waals surface area contributed by atoms with Gasteiger partial charge in [-0.15, -0.1) is 0 Å². The number of anilines is 1.